The van der Waals surface area contributed by atoms with E-state index < -0.39 is 6.43 Å². The number of aromatic nitrogens is 1. The molecule has 1 aromatic carbocycles. The maximum atomic E-state index is 12.6. The highest BCUT2D eigenvalue weighted by Gasteiger charge is 2.22. The van der Waals surface area contributed by atoms with Gasteiger partial charge in [-0.2, -0.15) is 0 Å². The summed E-state index contributed by atoms with van der Waals surface area (Å²) in [4.78, 5) is 4.64. The average Bonchev–Trinajstić information content (AvgIpc) is 3.08. The largest absolute Gasteiger partial charge is 0.389 e. The molecular weight excluding hydrogens is 278 g/mol. The van der Waals surface area contributed by atoms with E-state index in [1.165, 1.54) is 49.2 Å². The van der Waals surface area contributed by atoms with Crippen LogP contribution in [0.25, 0.3) is 11.3 Å². The molecule has 1 aromatic heterocycles. The number of halogens is 2. The van der Waals surface area contributed by atoms with Crippen LogP contribution >= 0.6 is 11.3 Å². The molecule has 1 aliphatic rings. The lowest BCUT2D eigenvalue weighted by Crippen LogP contribution is -1.91. The predicted octanol–water partition coefficient (Wildman–Crippen LogP) is 4.99. The van der Waals surface area contributed by atoms with Crippen LogP contribution in [0.2, 0.25) is 0 Å². The van der Waals surface area contributed by atoms with Crippen molar-refractivity contribution in [3.63, 3.8) is 0 Å². The van der Waals surface area contributed by atoms with Gasteiger partial charge in [-0.05, 0) is 12.8 Å². The Kier molecular flexibility index (Phi) is 3.70. The minimum absolute atomic E-state index is 0.0265. The summed E-state index contributed by atoms with van der Waals surface area (Å²) < 4.78 is 25.1. The zero-order chi connectivity index (χ0) is 14.1. The van der Waals surface area contributed by atoms with Crippen molar-refractivity contribution in [3.05, 3.63) is 34.8 Å². The highest BCUT2D eigenvalue weighted by molar-refractivity contribution is 7.16. The number of rotatable bonds is 3. The molecule has 20 heavy (non-hydrogen) atoms. The first-order chi connectivity index (χ1) is 9.65. The summed E-state index contributed by atoms with van der Waals surface area (Å²) in [6, 6.07) is 6.22. The van der Waals surface area contributed by atoms with Crippen molar-refractivity contribution in [1.82, 2.24) is 4.98 Å². The number of anilines is 1. The number of hydrogen-bond acceptors (Lipinski definition) is 3. The molecule has 1 heterocycles. The molecule has 0 spiro atoms. The summed E-state index contributed by atoms with van der Waals surface area (Å²) in [6.07, 6.45) is 2.42. The molecule has 2 aromatic rings. The lowest BCUT2D eigenvalue weighted by molar-refractivity contribution is 0.151. The SMILES string of the molecule is Nc1sc(C2CCCC2)nc1-c1ccc(C(F)F)cc1. The second-order valence-electron chi connectivity index (χ2n) is 5.17. The minimum atomic E-state index is -2.44. The van der Waals surface area contributed by atoms with E-state index in [1.54, 1.807) is 12.1 Å². The summed E-state index contributed by atoms with van der Waals surface area (Å²) in [6.45, 7) is 0. The second kappa shape index (κ2) is 5.48. The van der Waals surface area contributed by atoms with Crippen LogP contribution in [0.1, 0.15) is 48.6 Å². The molecule has 0 amide bonds. The van der Waals surface area contributed by atoms with Crippen LogP contribution in [-0.2, 0) is 0 Å². The monoisotopic (exact) mass is 294 g/mol. The van der Waals surface area contributed by atoms with Crippen molar-refractivity contribution in [2.45, 2.75) is 38.0 Å². The molecule has 106 valence electrons. The van der Waals surface area contributed by atoms with Crippen LogP contribution in [0.5, 0.6) is 0 Å². The van der Waals surface area contributed by atoms with Crippen LogP contribution in [-0.4, -0.2) is 4.98 Å². The number of nitrogens with zero attached hydrogens (tertiary/aromatic N) is 1. The maximum absolute atomic E-state index is 12.6. The normalized spacial score (nSPS) is 16.1. The third-order valence-electron chi connectivity index (χ3n) is 3.81. The fourth-order valence-corrected chi connectivity index (χ4v) is 3.71. The van der Waals surface area contributed by atoms with Gasteiger partial charge in [0, 0.05) is 17.0 Å². The zero-order valence-electron chi connectivity index (χ0n) is 11.0. The Bertz CT molecular complexity index is 586. The fourth-order valence-electron chi connectivity index (χ4n) is 2.69. The Hall–Kier alpha value is -1.49. The molecule has 1 fully saturated rings. The highest BCUT2D eigenvalue weighted by atomic mass is 32.1. The summed E-state index contributed by atoms with van der Waals surface area (Å²) in [5, 5.41) is 1.77. The Labute approximate surface area is 120 Å². The molecule has 1 saturated carbocycles. The van der Waals surface area contributed by atoms with E-state index in [-0.39, 0.29) is 5.56 Å². The molecule has 2 N–H and O–H groups in total. The van der Waals surface area contributed by atoms with Crippen molar-refractivity contribution in [2.75, 3.05) is 5.73 Å². The Morgan fingerprint density at radius 3 is 2.40 bits per heavy atom. The summed E-state index contributed by atoms with van der Waals surface area (Å²) >= 11 is 1.54. The van der Waals surface area contributed by atoms with Crippen molar-refractivity contribution < 1.29 is 8.78 Å². The molecular formula is C15H16F2N2S. The standard InChI is InChI=1S/C15H16F2N2S/c16-13(17)10-7-5-9(6-8-10)12-14(18)20-15(19-12)11-3-1-2-4-11/h5-8,11,13H,1-4,18H2. The summed E-state index contributed by atoms with van der Waals surface area (Å²) in [7, 11) is 0. The van der Waals surface area contributed by atoms with E-state index in [2.05, 4.69) is 4.98 Å². The van der Waals surface area contributed by atoms with Crippen LogP contribution in [0, 0.1) is 0 Å². The first-order valence-corrected chi connectivity index (χ1v) is 7.61. The van der Waals surface area contributed by atoms with E-state index in [4.69, 9.17) is 5.73 Å². The second-order valence-corrected chi connectivity index (χ2v) is 6.23. The quantitative estimate of drug-likeness (QED) is 0.866. The zero-order valence-corrected chi connectivity index (χ0v) is 11.8. The van der Waals surface area contributed by atoms with Crippen molar-refractivity contribution >= 4 is 16.3 Å². The van der Waals surface area contributed by atoms with Gasteiger partial charge in [0.15, 0.2) is 0 Å². The van der Waals surface area contributed by atoms with Gasteiger partial charge < -0.3 is 5.73 Å². The van der Waals surface area contributed by atoms with Crippen LogP contribution in [0.15, 0.2) is 24.3 Å². The number of alkyl halides is 2. The van der Waals surface area contributed by atoms with Crippen molar-refractivity contribution in [3.8, 4) is 11.3 Å². The van der Waals surface area contributed by atoms with E-state index in [1.807, 2.05) is 0 Å². The van der Waals surface area contributed by atoms with Crippen molar-refractivity contribution in [1.29, 1.82) is 0 Å². The number of nitrogens with two attached hydrogens (primary N) is 1. The maximum Gasteiger partial charge on any atom is 0.263 e. The predicted molar refractivity (Wildman–Crippen MR) is 78.1 cm³/mol. The van der Waals surface area contributed by atoms with E-state index in [9.17, 15) is 8.78 Å². The number of thiazole rings is 1. The van der Waals surface area contributed by atoms with Gasteiger partial charge in [0.1, 0.15) is 10.7 Å². The minimum Gasteiger partial charge on any atom is -0.389 e. The summed E-state index contributed by atoms with van der Waals surface area (Å²) in [5.74, 6) is 0.524. The van der Waals surface area contributed by atoms with Crippen LogP contribution in [0.4, 0.5) is 13.8 Å². The lowest BCUT2D eigenvalue weighted by Gasteiger charge is -2.03. The molecule has 1 aliphatic carbocycles. The molecule has 0 radical (unpaired) electrons. The Morgan fingerprint density at radius 2 is 1.80 bits per heavy atom. The van der Waals surface area contributed by atoms with E-state index in [0.717, 1.165) is 16.3 Å². The van der Waals surface area contributed by atoms with Gasteiger partial charge in [-0.3, -0.25) is 0 Å². The van der Waals surface area contributed by atoms with Gasteiger partial charge in [0.25, 0.3) is 6.43 Å². The van der Waals surface area contributed by atoms with Gasteiger partial charge >= 0.3 is 0 Å². The smallest absolute Gasteiger partial charge is 0.263 e. The first-order valence-electron chi connectivity index (χ1n) is 6.80. The molecule has 5 heteroatoms. The fraction of sp³-hybridized carbons (Fsp3) is 0.400. The van der Waals surface area contributed by atoms with Gasteiger partial charge in [0.05, 0.1) is 5.01 Å². The van der Waals surface area contributed by atoms with E-state index in [0.29, 0.717) is 10.9 Å². The third kappa shape index (κ3) is 2.54. The molecule has 0 unspecified atom stereocenters. The highest BCUT2D eigenvalue weighted by Crippen LogP contribution is 2.40. The first kappa shape index (κ1) is 13.5. The topological polar surface area (TPSA) is 38.9 Å². The molecule has 0 saturated heterocycles. The Morgan fingerprint density at radius 1 is 1.15 bits per heavy atom. The molecule has 2 nitrogen and oxygen atoms in total. The van der Waals surface area contributed by atoms with E-state index >= 15 is 0 Å². The van der Waals surface area contributed by atoms with Gasteiger partial charge in [-0.15, -0.1) is 11.3 Å². The summed E-state index contributed by atoms with van der Waals surface area (Å²) in [5.41, 5.74) is 7.62. The number of hydrogen-bond donors (Lipinski definition) is 1. The van der Waals surface area contributed by atoms with Gasteiger partial charge in [-0.1, -0.05) is 37.1 Å². The Balaban J connectivity index is 1.89. The lowest BCUT2D eigenvalue weighted by atomic mass is 10.1. The van der Waals surface area contributed by atoms with Gasteiger partial charge in [0.2, 0.25) is 0 Å². The van der Waals surface area contributed by atoms with Crippen LogP contribution < -0.4 is 5.73 Å². The number of nitrogen functional groups attached to an aromatic ring is 1. The molecule has 3 rings (SSSR count). The third-order valence-corrected chi connectivity index (χ3v) is 4.86. The molecule has 0 bridgehead atoms. The number of benzene rings is 1. The molecule has 0 aliphatic heterocycles. The molecule has 0 atom stereocenters. The van der Waals surface area contributed by atoms with Crippen LogP contribution in [0.3, 0.4) is 0 Å². The van der Waals surface area contributed by atoms with Crippen molar-refractivity contribution in [2.24, 2.45) is 0 Å². The average molecular weight is 294 g/mol. The van der Waals surface area contributed by atoms with Gasteiger partial charge in [-0.25, -0.2) is 13.8 Å².